The van der Waals surface area contributed by atoms with E-state index in [9.17, 15) is 10.1 Å². The molecule has 0 saturated carbocycles. The summed E-state index contributed by atoms with van der Waals surface area (Å²) in [5, 5.41) is 12.2. The molecule has 0 fully saturated rings. The molecule has 0 unspecified atom stereocenters. The second-order valence-corrected chi connectivity index (χ2v) is 7.50. The topological polar surface area (TPSA) is 80.6 Å². The number of ether oxygens (including phenoxy) is 3. The third-order valence-corrected chi connectivity index (χ3v) is 4.59. The summed E-state index contributed by atoms with van der Waals surface area (Å²) < 4.78 is 16.8. The Morgan fingerprint density at radius 1 is 1.03 bits per heavy atom. The van der Waals surface area contributed by atoms with Crippen molar-refractivity contribution in [3.63, 3.8) is 0 Å². The maximum Gasteiger partial charge on any atom is 0.266 e. The van der Waals surface area contributed by atoms with Crippen LogP contribution in [0.25, 0.3) is 6.08 Å². The van der Waals surface area contributed by atoms with Crippen LogP contribution in [0.1, 0.15) is 25.0 Å². The molecule has 1 N–H and O–H groups in total. The SMILES string of the molecule is COc1cc(/C=C(\C#N)C(=O)Nc2ccc(OCc3ccccc3)cc2)ccc1OC(C)C. The highest BCUT2D eigenvalue weighted by Crippen LogP contribution is 2.30. The molecule has 168 valence electrons. The molecule has 3 rings (SSSR count). The second kappa shape index (κ2) is 11.4. The number of benzene rings is 3. The van der Waals surface area contributed by atoms with Crippen LogP contribution in [0.3, 0.4) is 0 Å². The zero-order valence-corrected chi connectivity index (χ0v) is 18.9. The van der Waals surface area contributed by atoms with E-state index < -0.39 is 5.91 Å². The van der Waals surface area contributed by atoms with Gasteiger partial charge in [0, 0.05) is 5.69 Å². The number of hydrogen-bond donors (Lipinski definition) is 1. The average Bonchev–Trinajstić information content (AvgIpc) is 2.83. The Morgan fingerprint density at radius 2 is 1.76 bits per heavy atom. The number of carbonyl (C=O) groups excluding carboxylic acids is 1. The zero-order valence-electron chi connectivity index (χ0n) is 18.9. The van der Waals surface area contributed by atoms with E-state index in [2.05, 4.69) is 5.32 Å². The highest BCUT2D eigenvalue weighted by atomic mass is 16.5. The number of amides is 1. The molecule has 0 aliphatic heterocycles. The second-order valence-electron chi connectivity index (χ2n) is 7.50. The molecule has 0 aromatic heterocycles. The van der Waals surface area contributed by atoms with E-state index in [-0.39, 0.29) is 11.7 Å². The largest absolute Gasteiger partial charge is 0.493 e. The Hall–Kier alpha value is -4.24. The first-order valence-corrected chi connectivity index (χ1v) is 10.5. The number of methoxy groups -OCH3 is 1. The Labute approximate surface area is 194 Å². The van der Waals surface area contributed by atoms with Gasteiger partial charge >= 0.3 is 0 Å². The van der Waals surface area contributed by atoms with E-state index in [0.717, 1.165) is 5.56 Å². The van der Waals surface area contributed by atoms with Gasteiger partial charge in [-0.3, -0.25) is 4.79 Å². The lowest BCUT2D eigenvalue weighted by Crippen LogP contribution is -2.13. The van der Waals surface area contributed by atoms with Gasteiger partial charge in [0.2, 0.25) is 0 Å². The molecular formula is C27H26N2O4. The lowest BCUT2D eigenvalue weighted by atomic mass is 10.1. The van der Waals surface area contributed by atoms with Gasteiger partial charge in [-0.15, -0.1) is 0 Å². The summed E-state index contributed by atoms with van der Waals surface area (Å²) in [4.78, 5) is 12.6. The first kappa shape index (κ1) is 23.4. The van der Waals surface area contributed by atoms with Crippen LogP contribution < -0.4 is 19.5 Å². The van der Waals surface area contributed by atoms with Crippen molar-refractivity contribution in [3.8, 4) is 23.3 Å². The lowest BCUT2D eigenvalue weighted by molar-refractivity contribution is -0.112. The van der Waals surface area contributed by atoms with Crippen LogP contribution in [0.2, 0.25) is 0 Å². The fraction of sp³-hybridized carbons (Fsp3) is 0.185. The Balaban J connectivity index is 1.65. The Kier molecular flexibility index (Phi) is 8.09. The Bertz CT molecular complexity index is 1150. The summed E-state index contributed by atoms with van der Waals surface area (Å²) in [6.45, 7) is 4.30. The van der Waals surface area contributed by atoms with Gasteiger partial charge in [0.05, 0.1) is 13.2 Å². The van der Waals surface area contributed by atoms with E-state index in [1.54, 1.807) is 49.6 Å². The number of anilines is 1. The summed E-state index contributed by atoms with van der Waals surface area (Å²) in [6.07, 6.45) is 1.50. The molecule has 3 aromatic rings. The molecule has 0 bridgehead atoms. The minimum Gasteiger partial charge on any atom is -0.493 e. The van der Waals surface area contributed by atoms with Crippen LogP contribution >= 0.6 is 0 Å². The van der Waals surface area contributed by atoms with Crippen LogP contribution in [0.15, 0.2) is 78.4 Å². The van der Waals surface area contributed by atoms with Gasteiger partial charge in [-0.1, -0.05) is 36.4 Å². The predicted molar refractivity (Wildman–Crippen MR) is 128 cm³/mol. The number of nitriles is 1. The van der Waals surface area contributed by atoms with E-state index in [1.165, 1.54) is 6.08 Å². The van der Waals surface area contributed by atoms with Gasteiger partial charge < -0.3 is 19.5 Å². The third-order valence-electron chi connectivity index (χ3n) is 4.59. The summed E-state index contributed by atoms with van der Waals surface area (Å²) in [5.74, 6) is 1.31. The van der Waals surface area contributed by atoms with E-state index in [1.807, 2.05) is 50.2 Å². The molecule has 1 amide bonds. The lowest BCUT2D eigenvalue weighted by Gasteiger charge is -2.14. The molecular weight excluding hydrogens is 416 g/mol. The van der Waals surface area contributed by atoms with Crippen molar-refractivity contribution in [1.29, 1.82) is 5.26 Å². The normalized spacial score (nSPS) is 10.9. The number of rotatable bonds is 9. The van der Waals surface area contributed by atoms with Crippen molar-refractivity contribution in [2.75, 3.05) is 12.4 Å². The standard InChI is InChI=1S/C27H26N2O4/c1-19(2)33-25-14-9-21(16-26(25)31-3)15-22(17-28)27(30)29-23-10-12-24(13-11-23)32-18-20-7-5-4-6-8-20/h4-16,19H,18H2,1-3H3,(H,29,30)/b22-15+. The molecule has 33 heavy (non-hydrogen) atoms. The van der Waals surface area contributed by atoms with E-state index in [4.69, 9.17) is 14.2 Å². The van der Waals surface area contributed by atoms with Crippen LogP contribution in [0.5, 0.6) is 17.2 Å². The minimum atomic E-state index is -0.503. The molecule has 0 spiro atoms. The van der Waals surface area contributed by atoms with E-state index in [0.29, 0.717) is 35.1 Å². The van der Waals surface area contributed by atoms with Crippen LogP contribution in [0.4, 0.5) is 5.69 Å². The van der Waals surface area contributed by atoms with Crippen LogP contribution in [0, 0.1) is 11.3 Å². The van der Waals surface area contributed by atoms with Crippen molar-refractivity contribution in [2.24, 2.45) is 0 Å². The molecule has 0 radical (unpaired) electrons. The summed E-state index contributed by atoms with van der Waals surface area (Å²) in [6, 6.07) is 24.1. The number of carbonyl (C=O) groups is 1. The third kappa shape index (κ3) is 6.88. The summed E-state index contributed by atoms with van der Waals surface area (Å²) >= 11 is 0. The van der Waals surface area contributed by atoms with E-state index >= 15 is 0 Å². The predicted octanol–water partition coefficient (Wildman–Crippen LogP) is 5.61. The number of hydrogen-bond acceptors (Lipinski definition) is 5. The number of nitrogens with zero attached hydrogens (tertiary/aromatic N) is 1. The highest BCUT2D eigenvalue weighted by Gasteiger charge is 2.12. The first-order valence-electron chi connectivity index (χ1n) is 10.5. The van der Waals surface area contributed by atoms with Gasteiger partial charge in [-0.2, -0.15) is 5.26 Å². The van der Waals surface area contributed by atoms with Crippen molar-refractivity contribution >= 4 is 17.7 Å². The minimum absolute atomic E-state index is 0.00383. The average molecular weight is 443 g/mol. The summed E-state index contributed by atoms with van der Waals surface area (Å²) in [7, 11) is 1.54. The molecule has 0 atom stereocenters. The smallest absolute Gasteiger partial charge is 0.266 e. The Morgan fingerprint density at radius 3 is 2.39 bits per heavy atom. The van der Waals surface area contributed by atoms with Crippen LogP contribution in [-0.2, 0) is 11.4 Å². The summed E-state index contributed by atoms with van der Waals surface area (Å²) in [5.41, 5.74) is 2.25. The molecule has 0 heterocycles. The first-order chi connectivity index (χ1) is 16.0. The fourth-order valence-corrected chi connectivity index (χ4v) is 3.01. The molecule has 0 aliphatic carbocycles. The van der Waals surface area contributed by atoms with Gasteiger partial charge in [-0.25, -0.2) is 0 Å². The van der Waals surface area contributed by atoms with Crippen molar-refractivity contribution < 1.29 is 19.0 Å². The van der Waals surface area contributed by atoms with Crippen molar-refractivity contribution in [1.82, 2.24) is 0 Å². The molecule has 6 nitrogen and oxygen atoms in total. The number of nitrogens with one attached hydrogen (secondary N) is 1. The maximum atomic E-state index is 12.6. The monoisotopic (exact) mass is 442 g/mol. The van der Waals surface area contributed by atoms with Gasteiger partial charge in [0.15, 0.2) is 11.5 Å². The van der Waals surface area contributed by atoms with Gasteiger partial charge in [0.1, 0.15) is 24.0 Å². The van der Waals surface area contributed by atoms with Gasteiger partial charge in [0.25, 0.3) is 5.91 Å². The van der Waals surface area contributed by atoms with Crippen molar-refractivity contribution in [2.45, 2.75) is 26.6 Å². The van der Waals surface area contributed by atoms with Gasteiger partial charge in [-0.05, 0) is 67.4 Å². The zero-order chi connectivity index (χ0) is 23.6. The quantitative estimate of drug-likeness (QED) is 0.344. The van der Waals surface area contributed by atoms with Crippen LogP contribution in [-0.4, -0.2) is 19.1 Å². The molecule has 6 heteroatoms. The fourth-order valence-electron chi connectivity index (χ4n) is 3.01. The molecule has 3 aromatic carbocycles. The van der Waals surface area contributed by atoms with Crippen molar-refractivity contribution in [3.05, 3.63) is 89.5 Å². The molecule has 0 aliphatic rings. The highest BCUT2D eigenvalue weighted by molar-refractivity contribution is 6.09. The maximum absolute atomic E-state index is 12.6. The molecule has 0 saturated heterocycles.